The molecule has 0 radical (unpaired) electrons. The van der Waals surface area contributed by atoms with Crippen LogP contribution in [0.1, 0.15) is 44.2 Å². The number of pyridine rings is 1. The molecule has 0 unspecified atom stereocenters. The molecule has 3 aromatic heterocycles. The van der Waals surface area contributed by atoms with Crippen LogP contribution in [0.4, 0.5) is 10.3 Å². The maximum Gasteiger partial charge on any atom is 0.386 e. The van der Waals surface area contributed by atoms with Gasteiger partial charge in [-0.2, -0.15) is 0 Å². The molecule has 11 heteroatoms. The summed E-state index contributed by atoms with van der Waals surface area (Å²) in [5.41, 5.74) is 6.58. The van der Waals surface area contributed by atoms with Crippen LogP contribution in [-0.2, 0) is 11.3 Å². The van der Waals surface area contributed by atoms with Crippen molar-refractivity contribution in [2.75, 3.05) is 37.7 Å². The van der Waals surface area contributed by atoms with Crippen molar-refractivity contribution < 1.29 is 14.2 Å². The van der Waals surface area contributed by atoms with Gasteiger partial charge in [-0.15, -0.1) is 0 Å². The first-order valence-electron chi connectivity index (χ1n) is 12.3. The number of aromatic nitrogens is 5. The molecule has 5 heterocycles. The van der Waals surface area contributed by atoms with Gasteiger partial charge in [-0.3, -0.25) is 15.4 Å². The number of H-pyrrole nitrogens is 1. The number of thioether (sulfide) groups is 1. The minimum absolute atomic E-state index is 0.204. The zero-order valence-corrected chi connectivity index (χ0v) is 20.8. The van der Waals surface area contributed by atoms with Crippen LogP contribution in [0.15, 0.2) is 35.9 Å². The zero-order valence-electron chi connectivity index (χ0n) is 20.0. The average molecular weight is 500 g/mol. The number of amides is 1. The summed E-state index contributed by atoms with van der Waals surface area (Å²) in [7, 11) is 0. The summed E-state index contributed by atoms with van der Waals surface area (Å²) in [5, 5.41) is 0.967. The molecule has 0 aromatic carbocycles. The normalized spacial score (nSPS) is 19.3. The molecular formula is C24H32FN8OS+. The number of imidazole rings is 1. The van der Waals surface area contributed by atoms with Gasteiger partial charge in [0, 0.05) is 63.4 Å². The predicted molar refractivity (Wildman–Crippen MR) is 132 cm³/mol. The van der Waals surface area contributed by atoms with Crippen LogP contribution in [0.25, 0.3) is 11.2 Å². The monoisotopic (exact) mass is 499 g/mol. The number of carbonyl (C=O) groups is 1. The van der Waals surface area contributed by atoms with Crippen LogP contribution < -0.4 is 10.7 Å². The number of fused-ring (bicyclic) bond motifs is 1. The number of alkyl halides is 1. The third-order valence-electron chi connectivity index (χ3n) is 7.02. The van der Waals surface area contributed by atoms with Crippen LogP contribution in [0.5, 0.6) is 0 Å². The maximum atomic E-state index is 15.8. The number of piperidine rings is 2. The van der Waals surface area contributed by atoms with Crippen LogP contribution in [0, 0.1) is 0 Å². The van der Waals surface area contributed by atoms with Gasteiger partial charge >= 0.3 is 5.95 Å². The summed E-state index contributed by atoms with van der Waals surface area (Å²) in [6, 6.07) is 4.09. The van der Waals surface area contributed by atoms with Gasteiger partial charge in [-0.1, -0.05) is 23.7 Å². The predicted octanol–water partition coefficient (Wildman–Crippen LogP) is 2.50. The minimum Gasteiger partial charge on any atom is -0.340 e. The molecule has 1 amide bonds. The summed E-state index contributed by atoms with van der Waals surface area (Å²) in [6.07, 6.45) is 7.30. The van der Waals surface area contributed by atoms with Crippen molar-refractivity contribution in [1.82, 2.24) is 29.3 Å². The van der Waals surface area contributed by atoms with Crippen molar-refractivity contribution in [2.24, 2.45) is 0 Å². The van der Waals surface area contributed by atoms with Gasteiger partial charge in [0.1, 0.15) is 11.7 Å². The fraction of sp³-hybridized carbons (Fsp3) is 0.542. The summed E-state index contributed by atoms with van der Waals surface area (Å²) >= 11 is 1.71. The summed E-state index contributed by atoms with van der Waals surface area (Å²) in [5.74, 6) is 0.937. The van der Waals surface area contributed by atoms with E-state index in [1.165, 1.54) is 0 Å². The first-order valence-corrected chi connectivity index (χ1v) is 13.2. The molecule has 2 aliphatic rings. The number of likely N-dealkylation sites (tertiary alicyclic amines) is 2. The van der Waals surface area contributed by atoms with E-state index in [4.69, 9.17) is 10.7 Å². The van der Waals surface area contributed by atoms with Gasteiger partial charge < -0.3 is 9.47 Å². The van der Waals surface area contributed by atoms with Gasteiger partial charge in [0.25, 0.3) is 5.91 Å². The molecule has 35 heavy (non-hydrogen) atoms. The van der Waals surface area contributed by atoms with Crippen molar-refractivity contribution in [1.29, 1.82) is 0 Å². The molecule has 0 saturated carbocycles. The highest BCUT2D eigenvalue weighted by Gasteiger charge is 2.45. The van der Waals surface area contributed by atoms with Crippen molar-refractivity contribution in [3.05, 3.63) is 36.3 Å². The van der Waals surface area contributed by atoms with E-state index in [1.807, 2.05) is 18.3 Å². The maximum absolute atomic E-state index is 15.8. The number of halogens is 1. The molecule has 0 aliphatic carbocycles. The highest BCUT2D eigenvalue weighted by Crippen LogP contribution is 2.35. The van der Waals surface area contributed by atoms with Crippen molar-refractivity contribution in [2.45, 2.75) is 56.0 Å². The smallest absolute Gasteiger partial charge is 0.340 e. The number of anilines is 1. The number of hydrogen-bond acceptors (Lipinski definition) is 7. The molecular weight excluding hydrogens is 467 g/mol. The van der Waals surface area contributed by atoms with Gasteiger partial charge in [0.15, 0.2) is 16.5 Å². The Kier molecular flexibility index (Phi) is 6.88. The number of nitrogens with zero attached hydrogens (tertiary/aromatic N) is 6. The van der Waals surface area contributed by atoms with Crippen LogP contribution in [-0.4, -0.2) is 72.8 Å². The van der Waals surface area contributed by atoms with Gasteiger partial charge in [-0.05, 0) is 30.7 Å². The summed E-state index contributed by atoms with van der Waals surface area (Å²) in [6.45, 7) is 4.94. The fourth-order valence-corrected chi connectivity index (χ4v) is 5.89. The molecule has 2 fully saturated rings. The standard InChI is InChI=1S/C24H31FN8OS/c1-2-35-23-30-19-4-3-9-27-20(19)33(23)18-5-10-32(11-6-18)21(34)24(25)7-12-31(13-8-24)16-17-14-28-22(26)29-15-17/h3-4,9,14-15,18H,2,5-8,10-13,16H2,1H3,(H2,26,28,29)/p+1. The first kappa shape index (κ1) is 23.9. The lowest BCUT2D eigenvalue weighted by molar-refractivity contribution is -0.365. The minimum atomic E-state index is -1.79. The summed E-state index contributed by atoms with van der Waals surface area (Å²) < 4.78 is 18.0. The van der Waals surface area contributed by atoms with E-state index in [2.05, 4.69) is 31.3 Å². The van der Waals surface area contributed by atoms with Gasteiger partial charge in [0.05, 0.1) is 6.20 Å². The molecule has 0 atom stereocenters. The van der Waals surface area contributed by atoms with Crippen molar-refractivity contribution >= 4 is 34.8 Å². The molecule has 3 aromatic rings. The zero-order chi connectivity index (χ0) is 24.4. The third-order valence-corrected chi connectivity index (χ3v) is 7.85. The first-order chi connectivity index (χ1) is 17.0. The largest absolute Gasteiger partial charge is 0.386 e. The van der Waals surface area contributed by atoms with E-state index in [0.29, 0.717) is 38.7 Å². The molecule has 186 valence electrons. The number of hydrogen-bond donors (Lipinski definition) is 1. The Morgan fingerprint density at radius 1 is 1.26 bits per heavy atom. The lowest BCUT2D eigenvalue weighted by Crippen LogP contribution is -2.54. The third kappa shape index (κ3) is 4.97. The molecule has 0 bridgehead atoms. The Morgan fingerprint density at radius 3 is 2.71 bits per heavy atom. The van der Waals surface area contributed by atoms with Crippen LogP contribution >= 0.6 is 11.8 Å². The molecule has 9 nitrogen and oxygen atoms in total. The second-order valence-corrected chi connectivity index (χ2v) is 10.5. The van der Waals surface area contributed by atoms with E-state index in [0.717, 1.165) is 40.5 Å². The van der Waals surface area contributed by atoms with Gasteiger partial charge in [0.2, 0.25) is 0 Å². The van der Waals surface area contributed by atoms with E-state index < -0.39 is 5.67 Å². The molecule has 0 spiro atoms. The van der Waals surface area contributed by atoms with Gasteiger partial charge in [-0.25, -0.2) is 19.3 Å². The Bertz CT molecular complexity index is 1170. The Labute approximate surface area is 208 Å². The Morgan fingerprint density at radius 2 is 2.03 bits per heavy atom. The molecule has 3 N–H and O–H groups in total. The molecule has 5 rings (SSSR count). The van der Waals surface area contributed by atoms with Crippen molar-refractivity contribution in [3.63, 3.8) is 0 Å². The van der Waals surface area contributed by atoms with E-state index in [9.17, 15) is 4.79 Å². The molecule has 2 saturated heterocycles. The molecule has 2 aliphatic heterocycles. The highest BCUT2D eigenvalue weighted by molar-refractivity contribution is 7.99. The Hall–Kier alpha value is -2.79. The Balaban J connectivity index is 1.19. The lowest BCUT2D eigenvalue weighted by atomic mass is 9.90. The summed E-state index contributed by atoms with van der Waals surface area (Å²) in [4.78, 5) is 33.4. The average Bonchev–Trinajstić information content (AvgIpc) is 3.25. The van der Waals surface area contributed by atoms with E-state index in [-0.39, 0.29) is 24.8 Å². The lowest BCUT2D eigenvalue weighted by Gasteiger charge is -2.40. The number of nitrogen functional groups attached to an aromatic ring is 1. The van der Waals surface area contributed by atoms with E-state index >= 15 is 4.39 Å². The number of aromatic amines is 1. The fourth-order valence-electron chi connectivity index (χ4n) is 5.10. The number of nitrogens with two attached hydrogens (primary N) is 1. The van der Waals surface area contributed by atoms with Crippen LogP contribution in [0.3, 0.4) is 0 Å². The SMILES string of the molecule is CCSc1nc2cccnc2n1C1CCN(C(=O)C2(F)CCN(Cc3cnc(N)[nH+]c3)CC2)CC1. The number of nitrogens with one attached hydrogen (secondary N) is 1. The van der Waals surface area contributed by atoms with Crippen molar-refractivity contribution in [3.8, 4) is 0 Å². The quantitative estimate of drug-likeness (QED) is 0.519. The topological polar surface area (TPSA) is 107 Å². The highest BCUT2D eigenvalue weighted by atomic mass is 32.2. The second kappa shape index (κ2) is 10.1. The number of rotatable bonds is 6. The van der Waals surface area contributed by atoms with E-state index in [1.54, 1.807) is 29.1 Å². The number of carbonyl (C=O) groups excluding carboxylic acids is 1. The second-order valence-electron chi connectivity index (χ2n) is 9.32. The van der Waals surface area contributed by atoms with Crippen LogP contribution in [0.2, 0.25) is 0 Å².